The van der Waals surface area contributed by atoms with Gasteiger partial charge in [0.25, 0.3) is 0 Å². The summed E-state index contributed by atoms with van der Waals surface area (Å²) in [6.07, 6.45) is 0. The molecule has 2 N–H and O–H groups in total. The largest absolute Gasteiger partial charge is 0.383 e. The molecule has 23 heavy (non-hydrogen) atoms. The van der Waals surface area contributed by atoms with Crippen LogP contribution in [0.5, 0.6) is 0 Å². The van der Waals surface area contributed by atoms with E-state index in [1.807, 2.05) is 0 Å². The zero-order valence-electron chi connectivity index (χ0n) is 13.5. The van der Waals surface area contributed by atoms with Crippen molar-refractivity contribution in [1.82, 2.24) is 15.5 Å². The summed E-state index contributed by atoms with van der Waals surface area (Å²) in [5, 5.41) is 5.79. The fourth-order valence-corrected chi connectivity index (χ4v) is 1.59. The van der Waals surface area contributed by atoms with Gasteiger partial charge in [0.2, 0.25) is 5.91 Å². The normalized spacial score (nSPS) is 11.3. The molecule has 1 rings (SSSR count). The van der Waals surface area contributed by atoms with Gasteiger partial charge in [0.15, 0.2) is 5.96 Å². The molecular weight excluding hydrogens is 306 g/mol. The van der Waals surface area contributed by atoms with Gasteiger partial charge >= 0.3 is 0 Å². The van der Waals surface area contributed by atoms with E-state index >= 15 is 0 Å². The van der Waals surface area contributed by atoms with E-state index in [0.717, 1.165) is 18.2 Å². The Kier molecular flexibility index (Phi) is 7.96. The van der Waals surface area contributed by atoms with Crippen LogP contribution in [0, 0.1) is 11.6 Å². The van der Waals surface area contributed by atoms with Crippen molar-refractivity contribution in [3.05, 3.63) is 35.4 Å². The zero-order chi connectivity index (χ0) is 17.2. The molecule has 0 radical (unpaired) electrons. The van der Waals surface area contributed by atoms with Gasteiger partial charge in [0.05, 0.1) is 19.7 Å². The number of ether oxygens (including phenoxy) is 1. The second-order valence-corrected chi connectivity index (χ2v) is 4.96. The average Bonchev–Trinajstić information content (AvgIpc) is 2.52. The number of carbonyl (C=O) groups is 1. The van der Waals surface area contributed by atoms with E-state index in [1.54, 1.807) is 21.2 Å². The minimum absolute atomic E-state index is 0.0391. The maximum absolute atomic E-state index is 13.6. The van der Waals surface area contributed by atoms with Crippen molar-refractivity contribution in [1.29, 1.82) is 0 Å². The Morgan fingerprint density at radius 2 is 2.04 bits per heavy atom. The van der Waals surface area contributed by atoms with E-state index in [4.69, 9.17) is 4.74 Å². The van der Waals surface area contributed by atoms with Crippen LogP contribution in [0.25, 0.3) is 0 Å². The summed E-state index contributed by atoms with van der Waals surface area (Å²) in [7, 11) is 4.84. The first-order valence-electron chi connectivity index (χ1n) is 7.09. The number of hydrogen-bond donors (Lipinski definition) is 2. The molecule has 0 aliphatic heterocycles. The standard InChI is InChI=1S/C15H22F2N4O2/c1-21(2)14(22)10-20-15(18-6-7-23-3)19-9-11-8-12(16)4-5-13(11)17/h4-5,8H,6-7,9-10H2,1-3H3,(H2,18,19,20). The molecule has 128 valence electrons. The van der Waals surface area contributed by atoms with E-state index in [0.29, 0.717) is 19.1 Å². The van der Waals surface area contributed by atoms with Crippen LogP contribution in [0.15, 0.2) is 23.2 Å². The number of hydrogen-bond acceptors (Lipinski definition) is 3. The van der Waals surface area contributed by atoms with Crippen molar-refractivity contribution in [3.8, 4) is 0 Å². The van der Waals surface area contributed by atoms with Crippen molar-refractivity contribution >= 4 is 11.9 Å². The molecule has 0 atom stereocenters. The van der Waals surface area contributed by atoms with E-state index in [2.05, 4.69) is 15.6 Å². The lowest BCUT2D eigenvalue weighted by atomic mass is 10.2. The van der Waals surface area contributed by atoms with Gasteiger partial charge in [-0.2, -0.15) is 0 Å². The number of rotatable bonds is 7. The fraction of sp³-hybridized carbons (Fsp3) is 0.467. The highest BCUT2D eigenvalue weighted by molar-refractivity contribution is 5.86. The third-order valence-electron chi connectivity index (χ3n) is 2.92. The molecule has 1 aromatic rings. The third-order valence-corrected chi connectivity index (χ3v) is 2.92. The van der Waals surface area contributed by atoms with Gasteiger partial charge in [-0.05, 0) is 18.2 Å². The second kappa shape index (κ2) is 9.73. The Labute approximate surface area is 134 Å². The van der Waals surface area contributed by atoms with E-state index < -0.39 is 11.6 Å². The number of guanidine groups is 1. The van der Waals surface area contributed by atoms with Gasteiger partial charge in [-0.3, -0.25) is 4.79 Å². The predicted octanol–water partition coefficient (Wildman–Crippen LogP) is 0.735. The monoisotopic (exact) mass is 328 g/mol. The van der Waals surface area contributed by atoms with Crippen LogP contribution in [0.3, 0.4) is 0 Å². The summed E-state index contributed by atoms with van der Waals surface area (Å²) in [5.74, 6) is -0.874. The zero-order valence-corrected chi connectivity index (χ0v) is 13.5. The Morgan fingerprint density at radius 3 is 2.70 bits per heavy atom. The lowest BCUT2D eigenvalue weighted by molar-refractivity contribution is -0.127. The number of carbonyl (C=O) groups excluding carboxylic acids is 1. The average molecular weight is 328 g/mol. The van der Waals surface area contributed by atoms with Gasteiger partial charge in [0.1, 0.15) is 11.6 Å². The summed E-state index contributed by atoms with van der Waals surface area (Å²) >= 11 is 0. The first-order chi connectivity index (χ1) is 10.9. The Balaban J connectivity index is 2.72. The lowest BCUT2D eigenvalue weighted by Gasteiger charge is -2.15. The molecule has 0 aliphatic rings. The van der Waals surface area contributed by atoms with Crippen LogP contribution >= 0.6 is 0 Å². The van der Waals surface area contributed by atoms with Crippen molar-refractivity contribution in [2.45, 2.75) is 6.54 Å². The first kappa shape index (κ1) is 18.8. The number of methoxy groups -OCH3 is 1. The highest BCUT2D eigenvalue weighted by Crippen LogP contribution is 2.10. The molecule has 0 bridgehead atoms. The van der Waals surface area contributed by atoms with Gasteiger partial charge in [-0.15, -0.1) is 0 Å². The minimum atomic E-state index is -0.532. The summed E-state index contributed by atoms with van der Waals surface area (Å²) in [4.78, 5) is 17.2. The number of amides is 1. The molecule has 0 unspecified atom stereocenters. The van der Waals surface area contributed by atoms with Gasteiger partial charge in [-0.25, -0.2) is 13.8 Å². The SMILES string of the molecule is COCCNC(=NCc1cc(F)ccc1F)NCC(=O)N(C)C. The first-order valence-corrected chi connectivity index (χ1v) is 7.09. The van der Waals surface area contributed by atoms with E-state index in [9.17, 15) is 13.6 Å². The summed E-state index contributed by atoms with van der Waals surface area (Å²) < 4.78 is 31.7. The number of halogens is 2. The summed E-state index contributed by atoms with van der Waals surface area (Å²) in [5.41, 5.74) is 0.136. The number of likely N-dealkylation sites (N-methyl/N-ethyl adjacent to an activating group) is 1. The van der Waals surface area contributed by atoms with Gasteiger partial charge in [0, 0.05) is 33.3 Å². The molecule has 0 aliphatic carbocycles. The van der Waals surface area contributed by atoms with Crippen molar-refractivity contribution in [2.24, 2.45) is 4.99 Å². The van der Waals surface area contributed by atoms with Crippen molar-refractivity contribution in [3.63, 3.8) is 0 Å². The maximum atomic E-state index is 13.6. The molecule has 0 spiro atoms. The van der Waals surface area contributed by atoms with Crippen LogP contribution in [-0.4, -0.2) is 57.7 Å². The van der Waals surface area contributed by atoms with Gasteiger partial charge in [-0.1, -0.05) is 0 Å². The second-order valence-electron chi connectivity index (χ2n) is 4.96. The van der Waals surface area contributed by atoms with Gasteiger partial charge < -0.3 is 20.3 Å². The molecule has 6 nitrogen and oxygen atoms in total. The molecule has 0 saturated carbocycles. The fourth-order valence-electron chi connectivity index (χ4n) is 1.59. The van der Waals surface area contributed by atoms with Crippen LogP contribution in [0.1, 0.15) is 5.56 Å². The van der Waals surface area contributed by atoms with Crippen LogP contribution < -0.4 is 10.6 Å². The highest BCUT2D eigenvalue weighted by Gasteiger charge is 2.07. The van der Waals surface area contributed by atoms with Crippen LogP contribution in [0.4, 0.5) is 8.78 Å². The van der Waals surface area contributed by atoms with E-state index in [1.165, 1.54) is 4.90 Å². The molecule has 0 heterocycles. The van der Waals surface area contributed by atoms with E-state index in [-0.39, 0.29) is 24.6 Å². The minimum Gasteiger partial charge on any atom is -0.383 e. The molecule has 1 aromatic carbocycles. The molecule has 1 amide bonds. The number of nitrogens with zero attached hydrogens (tertiary/aromatic N) is 2. The smallest absolute Gasteiger partial charge is 0.241 e. The Morgan fingerprint density at radius 1 is 1.30 bits per heavy atom. The Bertz CT molecular complexity index is 550. The Hall–Kier alpha value is -2.22. The maximum Gasteiger partial charge on any atom is 0.241 e. The summed E-state index contributed by atoms with van der Waals surface area (Å²) in [6, 6.07) is 3.20. The van der Waals surface area contributed by atoms with Crippen LogP contribution in [-0.2, 0) is 16.1 Å². The summed E-state index contributed by atoms with van der Waals surface area (Å²) in [6.45, 7) is 0.889. The third kappa shape index (κ3) is 7.05. The molecule has 0 saturated heterocycles. The molecular formula is C15H22F2N4O2. The topological polar surface area (TPSA) is 66.0 Å². The number of aliphatic imine (C=N–C) groups is 1. The number of nitrogens with one attached hydrogen (secondary N) is 2. The molecule has 0 aromatic heterocycles. The quantitative estimate of drug-likeness (QED) is 0.440. The lowest BCUT2D eigenvalue weighted by Crippen LogP contribution is -2.43. The molecule has 8 heteroatoms. The number of benzene rings is 1. The molecule has 0 fully saturated rings. The highest BCUT2D eigenvalue weighted by atomic mass is 19.1. The van der Waals surface area contributed by atoms with Crippen molar-refractivity contribution < 1.29 is 18.3 Å². The predicted molar refractivity (Wildman–Crippen MR) is 84.1 cm³/mol. The van der Waals surface area contributed by atoms with Crippen LogP contribution in [0.2, 0.25) is 0 Å². The van der Waals surface area contributed by atoms with Crippen molar-refractivity contribution in [2.75, 3.05) is 40.9 Å².